The van der Waals surface area contributed by atoms with Crippen molar-refractivity contribution < 1.29 is 4.79 Å². The van der Waals surface area contributed by atoms with Crippen LogP contribution in [0.2, 0.25) is 0 Å². The van der Waals surface area contributed by atoms with Gasteiger partial charge in [-0.25, -0.2) is 4.98 Å². The average molecular weight is 284 g/mol. The number of para-hydroxylation sites is 1. The summed E-state index contributed by atoms with van der Waals surface area (Å²) in [4.78, 5) is 18.8. The number of hydrogen-bond acceptors (Lipinski definition) is 3. The SMILES string of the molecule is C=C[C@H]1C(=O)N(c2ccccc2)[C@]1(C)c1nc(C)cs1. The summed E-state index contributed by atoms with van der Waals surface area (Å²) in [7, 11) is 0. The minimum atomic E-state index is -0.431. The van der Waals surface area contributed by atoms with Crippen LogP contribution in [0.1, 0.15) is 17.6 Å². The predicted octanol–water partition coefficient (Wildman–Crippen LogP) is 3.52. The van der Waals surface area contributed by atoms with E-state index in [2.05, 4.69) is 18.5 Å². The molecule has 2 heterocycles. The number of nitrogens with zero attached hydrogens (tertiary/aromatic N) is 2. The molecular formula is C16H16N2OS. The number of rotatable bonds is 3. The summed E-state index contributed by atoms with van der Waals surface area (Å²) in [5.41, 5.74) is 1.46. The van der Waals surface area contributed by atoms with Crippen molar-refractivity contribution in [2.45, 2.75) is 19.4 Å². The number of benzene rings is 1. The number of carbonyl (C=O) groups is 1. The van der Waals surface area contributed by atoms with Gasteiger partial charge in [0.1, 0.15) is 10.5 Å². The van der Waals surface area contributed by atoms with Gasteiger partial charge in [0.05, 0.1) is 5.92 Å². The molecule has 1 fully saturated rings. The Morgan fingerprint density at radius 2 is 2.10 bits per heavy atom. The van der Waals surface area contributed by atoms with Crippen LogP contribution in [-0.2, 0) is 10.3 Å². The van der Waals surface area contributed by atoms with Crippen LogP contribution in [0.4, 0.5) is 5.69 Å². The van der Waals surface area contributed by atoms with Gasteiger partial charge in [0, 0.05) is 16.8 Å². The fourth-order valence-corrected chi connectivity index (χ4v) is 3.79. The van der Waals surface area contributed by atoms with E-state index in [1.54, 1.807) is 17.4 Å². The Morgan fingerprint density at radius 1 is 1.40 bits per heavy atom. The second-order valence-corrected chi connectivity index (χ2v) is 6.02. The molecule has 0 bridgehead atoms. The molecule has 20 heavy (non-hydrogen) atoms. The fraction of sp³-hybridized carbons (Fsp3) is 0.250. The van der Waals surface area contributed by atoms with Crippen LogP contribution in [0.3, 0.4) is 0 Å². The van der Waals surface area contributed by atoms with E-state index in [4.69, 9.17) is 0 Å². The van der Waals surface area contributed by atoms with Crippen molar-refractivity contribution in [3.05, 3.63) is 59.1 Å². The molecule has 2 atom stereocenters. The van der Waals surface area contributed by atoms with E-state index >= 15 is 0 Å². The molecule has 102 valence electrons. The van der Waals surface area contributed by atoms with Gasteiger partial charge in [0.2, 0.25) is 5.91 Å². The largest absolute Gasteiger partial charge is 0.298 e. The number of anilines is 1. The lowest BCUT2D eigenvalue weighted by atomic mass is 9.74. The third kappa shape index (κ3) is 1.64. The van der Waals surface area contributed by atoms with E-state index < -0.39 is 5.54 Å². The van der Waals surface area contributed by atoms with Crippen molar-refractivity contribution in [2.75, 3.05) is 4.90 Å². The fourth-order valence-electron chi connectivity index (χ4n) is 2.80. The van der Waals surface area contributed by atoms with Crippen LogP contribution < -0.4 is 4.90 Å². The Morgan fingerprint density at radius 3 is 2.65 bits per heavy atom. The monoisotopic (exact) mass is 284 g/mol. The van der Waals surface area contributed by atoms with Crippen molar-refractivity contribution in [2.24, 2.45) is 5.92 Å². The number of β-lactam (4-membered cyclic amide) rings is 1. The minimum absolute atomic E-state index is 0.0848. The van der Waals surface area contributed by atoms with Crippen molar-refractivity contribution in [3.63, 3.8) is 0 Å². The minimum Gasteiger partial charge on any atom is -0.298 e. The quantitative estimate of drug-likeness (QED) is 0.638. The van der Waals surface area contributed by atoms with Gasteiger partial charge in [-0.3, -0.25) is 9.69 Å². The summed E-state index contributed by atoms with van der Waals surface area (Å²) in [6.45, 7) is 7.85. The van der Waals surface area contributed by atoms with Gasteiger partial charge in [0.25, 0.3) is 0 Å². The average Bonchev–Trinajstić information content (AvgIpc) is 2.87. The number of aromatic nitrogens is 1. The second kappa shape index (κ2) is 4.56. The van der Waals surface area contributed by atoms with E-state index in [1.807, 2.05) is 47.5 Å². The normalized spacial score (nSPS) is 25.4. The zero-order chi connectivity index (χ0) is 14.3. The Kier molecular flexibility index (Phi) is 2.98. The molecule has 0 aliphatic carbocycles. The van der Waals surface area contributed by atoms with E-state index in [0.717, 1.165) is 16.4 Å². The highest BCUT2D eigenvalue weighted by molar-refractivity contribution is 7.09. The van der Waals surface area contributed by atoms with Crippen LogP contribution in [0, 0.1) is 12.8 Å². The maximum absolute atomic E-state index is 12.4. The molecule has 0 saturated carbocycles. The molecular weight excluding hydrogens is 268 g/mol. The number of hydrogen-bond donors (Lipinski definition) is 0. The van der Waals surface area contributed by atoms with Crippen molar-refractivity contribution in [1.82, 2.24) is 4.98 Å². The highest BCUT2D eigenvalue weighted by atomic mass is 32.1. The maximum atomic E-state index is 12.4. The Balaban J connectivity index is 2.10. The molecule has 1 aliphatic heterocycles. The van der Waals surface area contributed by atoms with Gasteiger partial charge in [-0.05, 0) is 26.0 Å². The second-order valence-electron chi connectivity index (χ2n) is 5.16. The first-order valence-corrected chi connectivity index (χ1v) is 7.41. The van der Waals surface area contributed by atoms with Gasteiger partial charge in [0.15, 0.2) is 0 Å². The molecule has 1 amide bonds. The molecule has 3 nitrogen and oxygen atoms in total. The Hall–Kier alpha value is -1.94. The van der Waals surface area contributed by atoms with Crippen LogP contribution in [0.15, 0.2) is 48.4 Å². The summed E-state index contributed by atoms with van der Waals surface area (Å²) in [6, 6.07) is 9.74. The van der Waals surface area contributed by atoms with E-state index in [1.165, 1.54) is 0 Å². The lowest BCUT2D eigenvalue weighted by Crippen LogP contribution is -2.67. The smallest absolute Gasteiger partial charge is 0.237 e. The molecule has 2 aromatic rings. The molecule has 1 aromatic carbocycles. The molecule has 3 rings (SSSR count). The first kappa shape index (κ1) is 13.1. The van der Waals surface area contributed by atoms with Gasteiger partial charge < -0.3 is 0 Å². The summed E-state index contributed by atoms with van der Waals surface area (Å²) in [6.07, 6.45) is 1.73. The number of aryl methyl sites for hydroxylation is 1. The zero-order valence-electron chi connectivity index (χ0n) is 11.5. The number of amides is 1. The van der Waals surface area contributed by atoms with Gasteiger partial charge in [-0.2, -0.15) is 0 Å². The highest BCUT2D eigenvalue weighted by Crippen LogP contribution is 2.49. The van der Waals surface area contributed by atoms with Crippen LogP contribution in [0.25, 0.3) is 0 Å². The third-order valence-electron chi connectivity index (χ3n) is 3.86. The Labute approximate surface area is 122 Å². The first-order chi connectivity index (χ1) is 9.59. The van der Waals surface area contributed by atoms with Crippen LogP contribution in [0.5, 0.6) is 0 Å². The van der Waals surface area contributed by atoms with Gasteiger partial charge >= 0.3 is 0 Å². The molecule has 0 spiro atoms. The lowest BCUT2D eigenvalue weighted by molar-refractivity contribution is -0.132. The summed E-state index contributed by atoms with van der Waals surface area (Å²) < 4.78 is 0. The van der Waals surface area contributed by atoms with Crippen molar-refractivity contribution in [1.29, 1.82) is 0 Å². The van der Waals surface area contributed by atoms with Crippen LogP contribution in [-0.4, -0.2) is 10.9 Å². The van der Waals surface area contributed by atoms with E-state index in [0.29, 0.717) is 0 Å². The number of thiazole rings is 1. The van der Waals surface area contributed by atoms with E-state index in [9.17, 15) is 4.79 Å². The molecule has 4 heteroatoms. The Bertz CT molecular complexity index is 664. The molecule has 0 radical (unpaired) electrons. The first-order valence-electron chi connectivity index (χ1n) is 6.53. The van der Waals surface area contributed by atoms with Gasteiger partial charge in [-0.15, -0.1) is 17.9 Å². The molecule has 1 saturated heterocycles. The van der Waals surface area contributed by atoms with Crippen molar-refractivity contribution >= 4 is 22.9 Å². The molecule has 0 unspecified atom stereocenters. The van der Waals surface area contributed by atoms with Crippen molar-refractivity contribution in [3.8, 4) is 0 Å². The molecule has 0 N–H and O–H groups in total. The lowest BCUT2D eigenvalue weighted by Gasteiger charge is -2.53. The van der Waals surface area contributed by atoms with Gasteiger partial charge in [-0.1, -0.05) is 24.3 Å². The highest BCUT2D eigenvalue weighted by Gasteiger charge is 2.58. The summed E-state index contributed by atoms with van der Waals surface area (Å²) in [5, 5.41) is 2.98. The van der Waals surface area contributed by atoms with Crippen LogP contribution >= 0.6 is 11.3 Å². The van der Waals surface area contributed by atoms with E-state index in [-0.39, 0.29) is 11.8 Å². The summed E-state index contributed by atoms with van der Waals surface area (Å²) in [5.74, 6) is -0.130. The zero-order valence-corrected chi connectivity index (χ0v) is 12.4. The number of carbonyl (C=O) groups excluding carboxylic acids is 1. The predicted molar refractivity (Wildman–Crippen MR) is 81.8 cm³/mol. The third-order valence-corrected chi connectivity index (χ3v) is 5.05. The molecule has 1 aromatic heterocycles. The molecule has 1 aliphatic rings. The maximum Gasteiger partial charge on any atom is 0.237 e. The standard InChI is InChI=1S/C16H16N2OS/c1-4-13-14(19)18(12-8-6-5-7-9-12)16(13,3)15-17-11(2)10-20-15/h4-10,13H,1H2,2-3H3/t13-,16-/m0/s1. The topological polar surface area (TPSA) is 33.2 Å². The summed E-state index contributed by atoms with van der Waals surface area (Å²) >= 11 is 1.60.